The molecule has 0 saturated carbocycles. The Morgan fingerprint density at radius 3 is 2.67 bits per heavy atom. The summed E-state index contributed by atoms with van der Waals surface area (Å²) in [5, 5.41) is 2.60. The zero-order valence-corrected chi connectivity index (χ0v) is 13.0. The summed E-state index contributed by atoms with van der Waals surface area (Å²) in [5.41, 5.74) is 1.37. The number of halogens is 1. The van der Waals surface area contributed by atoms with Crippen LogP contribution in [-0.2, 0) is 11.4 Å². The number of fused-ring (bicyclic) bond motifs is 1. The largest absolute Gasteiger partial charge is 0.497 e. The number of carbonyl (C=O) groups is 1. The third-order valence-electron chi connectivity index (χ3n) is 3.79. The number of H-pyrrole nitrogens is 1. The number of aryl methyl sites for hydroxylation is 1. The van der Waals surface area contributed by atoms with Crippen molar-refractivity contribution in [2.45, 2.75) is 13.3 Å². The molecule has 0 unspecified atom stereocenters. The van der Waals surface area contributed by atoms with Crippen molar-refractivity contribution in [2.75, 3.05) is 7.11 Å². The molecule has 0 aliphatic rings. The van der Waals surface area contributed by atoms with Gasteiger partial charge in [0, 0.05) is 28.4 Å². The number of nitrogens with zero attached hydrogens (tertiary/aromatic N) is 2. The lowest BCUT2D eigenvalue weighted by molar-refractivity contribution is -0.0786. The smallest absolute Gasteiger partial charge is 0.384 e. The minimum atomic E-state index is -1.21. The summed E-state index contributed by atoms with van der Waals surface area (Å²) in [5.74, 6) is -0.484. The van der Waals surface area contributed by atoms with Gasteiger partial charge >= 0.3 is 5.97 Å². The van der Waals surface area contributed by atoms with Gasteiger partial charge in [0.2, 0.25) is 0 Å². The molecule has 2 heterocycles. The van der Waals surface area contributed by atoms with Crippen molar-refractivity contribution in [3.63, 3.8) is 0 Å². The van der Waals surface area contributed by atoms with Crippen LogP contribution in [0.3, 0.4) is 0 Å². The minimum Gasteiger partial charge on any atom is -0.497 e. The van der Waals surface area contributed by atoms with Gasteiger partial charge in [0.15, 0.2) is 5.65 Å². The summed E-state index contributed by atoms with van der Waals surface area (Å²) < 4.78 is 18.3. The molecule has 1 N–H and O–H groups in total. The van der Waals surface area contributed by atoms with Gasteiger partial charge in [0.1, 0.15) is 11.3 Å². The molecule has 0 bridgehead atoms. The highest BCUT2D eigenvalue weighted by atomic mass is 19.3. The SMILES string of the molecule is COc1ccc(Cc2c(C)nc3c(C(=O)OF)c[nH]n3c2=O)cc1. The van der Waals surface area contributed by atoms with Crippen molar-refractivity contribution in [3.8, 4) is 5.75 Å². The van der Waals surface area contributed by atoms with Crippen LogP contribution in [0.15, 0.2) is 35.3 Å². The average molecular weight is 331 g/mol. The van der Waals surface area contributed by atoms with Crippen LogP contribution in [0.1, 0.15) is 27.2 Å². The van der Waals surface area contributed by atoms with Crippen molar-refractivity contribution in [3.05, 3.63) is 63.2 Å². The van der Waals surface area contributed by atoms with Crippen LogP contribution in [0.4, 0.5) is 4.53 Å². The van der Waals surface area contributed by atoms with Gasteiger partial charge in [-0.1, -0.05) is 12.1 Å². The molecule has 124 valence electrons. The van der Waals surface area contributed by atoms with E-state index in [-0.39, 0.29) is 16.8 Å². The molecule has 2 aromatic heterocycles. The Bertz CT molecular complexity index is 960. The molecule has 24 heavy (non-hydrogen) atoms. The fraction of sp³-hybridized carbons (Fsp3) is 0.188. The molecule has 0 amide bonds. The second-order valence-electron chi connectivity index (χ2n) is 5.22. The first-order valence-corrected chi connectivity index (χ1v) is 7.10. The number of benzene rings is 1. The van der Waals surface area contributed by atoms with E-state index in [1.54, 1.807) is 26.2 Å². The number of rotatable bonds is 4. The number of hydrogen-bond donors (Lipinski definition) is 1. The number of aromatic amines is 1. The van der Waals surface area contributed by atoms with Gasteiger partial charge in [-0.05, 0) is 24.6 Å². The predicted octanol–water partition coefficient (Wildman–Crippen LogP) is 1.97. The fourth-order valence-corrected chi connectivity index (χ4v) is 2.50. The summed E-state index contributed by atoms with van der Waals surface area (Å²) in [6.07, 6.45) is 1.55. The highest BCUT2D eigenvalue weighted by molar-refractivity contribution is 5.95. The zero-order valence-electron chi connectivity index (χ0n) is 13.0. The first-order chi connectivity index (χ1) is 11.5. The predicted molar refractivity (Wildman–Crippen MR) is 82.9 cm³/mol. The molecular weight excluding hydrogens is 317 g/mol. The summed E-state index contributed by atoms with van der Waals surface area (Å²) in [7, 11) is 1.58. The Balaban J connectivity index is 2.05. The van der Waals surface area contributed by atoms with Crippen LogP contribution >= 0.6 is 0 Å². The molecule has 3 aromatic rings. The van der Waals surface area contributed by atoms with E-state index in [2.05, 4.69) is 15.0 Å². The molecule has 3 rings (SSSR count). The van der Waals surface area contributed by atoms with E-state index in [1.165, 1.54) is 6.20 Å². The molecule has 8 heteroatoms. The minimum absolute atomic E-state index is 0.0265. The third kappa shape index (κ3) is 2.62. The average Bonchev–Trinajstić information content (AvgIpc) is 3.02. The van der Waals surface area contributed by atoms with Crippen LogP contribution in [-0.4, -0.2) is 27.7 Å². The van der Waals surface area contributed by atoms with E-state index in [0.717, 1.165) is 15.8 Å². The molecule has 7 nitrogen and oxygen atoms in total. The second-order valence-corrected chi connectivity index (χ2v) is 5.22. The fourth-order valence-electron chi connectivity index (χ4n) is 2.50. The summed E-state index contributed by atoms with van der Waals surface area (Å²) in [4.78, 5) is 31.4. The van der Waals surface area contributed by atoms with Crippen LogP contribution in [0.5, 0.6) is 5.75 Å². The second kappa shape index (κ2) is 6.15. The number of carbonyl (C=O) groups excluding carboxylic acids is 1. The lowest BCUT2D eigenvalue weighted by Gasteiger charge is -2.07. The maximum absolute atomic E-state index is 12.6. The van der Waals surface area contributed by atoms with Crippen LogP contribution in [0, 0.1) is 6.92 Å². The maximum Gasteiger partial charge on any atom is 0.384 e. The van der Waals surface area contributed by atoms with Crippen molar-refractivity contribution in [2.24, 2.45) is 0 Å². The van der Waals surface area contributed by atoms with Crippen LogP contribution in [0.25, 0.3) is 5.65 Å². The van der Waals surface area contributed by atoms with Crippen molar-refractivity contribution in [1.29, 1.82) is 0 Å². The van der Waals surface area contributed by atoms with E-state index in [4.69, 9.17) is 4.74 Å². The van der Waals surface area contributed by atoms with Gasteiger partial charge in [0.25, 0.3) is 5.56 Å². The van der Waals surface area contributed by atoms with Crippen molar-refractivity contribution >= 4 is 11.6 Å². The van der Waals surface area contributed by atoms with Gasteiger partial charge in [-0.3, -0.25) is 9.89 Å². The maximum atomic E-state index is 12.6. The first kappa shape index (κ1) is 15.7. The normalized spacial score (nSPS) is 10.8. The summed E-state index contributed by atoms with van der Waals surface area (Å²) >= 11 is 0. The molecule has 0 aliphatic heterocycles. The highest BCUT2D eigenvalue weighted by Gasteiger charge is 2.19. The Morgan fingerprint density at radius 1 is 1.33 bits per heavy atom. The van der Waals surface area contributed by atoms with Crippen molar-refractivity contribution < 1.29 is 19.0 Å². The van der Waals surface area contributed by atoms with E-state index in [1.807, 2.05) is 12.1 Å². The van der Waals surface area contributed by atoms with E-state index < -0.39 is 5.97 Å². The Labute approximate surface area is 135 Å². The first-order valence-electron chi connectivity index (χ1n) is 7.10. The Morgan fingerprint density at radius 2 is 2.04 bits per heavy atom. The van der Waals surface area contributed by atoms with E-state index >= 15 is 0 Å². The number of aromatic nitrogens is 3. The molecule has 0 atom stereocenters. The monoisotopic (exact) mass is 331 g/mol. The number of ether oxygens (including phenoxy) is 1. The highest BCUT2D eigenvalue weighted by Crippen LogP contribution is 2.16. The quantitative estimate of drug-likeness (QED) is 0.790. The Kier molecular flexibility index (Phi) is 4.03. The Hall–Kier alpha value is -3.16. The number of hydrogen-bond acceptors (Lipinski definition) is 5. The third-order valence-corrected chi connectivity index (χ3v) is 3.79. The molecule has 0 radical (unpaired) electrons. The van der Waals surface area contributed by atoms with Gasteiger partial charge in [-0.15, -0.1) is 0 Å². The molecular formula is C16H14FN3O4. The number of methoxy groups -OCH3 is 1. The van der Waals surface area contributed by atoms with Gasteiger partial charge in [-0.25, -0.2) is 19.2 Å². The van der Waals surface area contributed by atoms with Crippen molar-refractivity contribution in [1.82, 2.24) is 14.6 Å². The van der Waals surface area contributed by atoms with Crippen LogP contribution in [0.2, 0.25) is 0 Å². The standard InChI is InChI=1S/C16H14FN3O4/c1-9-12(7-10-3-5-11(23-2)6-4-10)15(21)20-14(19-9)13(8-18-20)16(22)24-17/h3-6,8,18H,7H2,1-2H3. The number of nitrogens with one attached hydrogen (secondary N) is 1. The zero-order chi connectivity index (χ0) is 17.3. The molecule has 1 aromatic carbocycles. The molecule has 0 spiro atoms. The molecule has 0 fully saturated rings. The van der Waals surface area contributed by atoms with Gasteiger partial charge in [-0.2, -0.15) is 0 Å². The summed E-state index contributed by atoms with van der Waals surface area (Å²) in [6.45, 7) is 1.66. The lowest BCUT2D eigenvalue weighted by Crippen LogP contribution is -2.22. The van der Waals surface area contributed by atoms with E-state index in [9.17, 15) is 14.1 Å². The van der Waals surface area contributed by atoms with E-state index in [0.29, 0.717) is 17.7 Å². The molecule has 0 saturated heterocycles. The summed E-state index contributed by atoms with van der Waals surface area (Å²) in [6, 6.07) is 7.32. The van der Waals surface area contributed by atoms with Crippen LogP contribution < -0.4 is 10.3 Å². The van der Waals surface area contributed by atoms with Gasteiger partial charge < -0.3 is 4.74 Å². The lowest BCUT2D eigenvalue weighted by atomic mass is 10.0. The molecule has 0 aliphatic carbocycles. The van der Waals surface area contributed by atoms with Gasteiger partial charge in [0.05, 0.1) is 7.11 Å². The topological polar surface area (TPSA) is 85.7 Å².